The van der Waals surface area contributed by atoms with Crippen molar-refractivity contribution in [1.82, 2.24) is 4.90 Å². The van der Waals surface area contributed by atoms with Gasteiger partial charge in [-0.3, -0.25) is 15.0 Å². The first-order valence-electron chi connectivity index (χ1n) is 8.36. The average Bonchev–Trinajstić information content (AvgIpc) is 3.43. The maximum absolute atomic E-state index is 13.3. The van der Waals surface area contributed by atoms with Crippen LogP contribution in [0, 0.1) is 15.9 Å². The maximum Gasteiger partial charge on any atom is 0.270 e. The SMILES string of the molecule is COc1ccc([N+](=O)[O-])cc1CN(CCc1cccc(F)c1)C1CC1. The Morgan fingerprint density at radius 3 is 2.72 bits per heavy atom. The van der Waals surface area contributed by atoms with Crippen molar-refractivity contribution >= 4 is 5.69 Å². The predicted molar refractivity (Wildman–Crippen MR) is 93.2 cm³/mol. The Hall–Kier alpha value is -2.47. The van der Waals surface area contributed by atoms with Gasteiger partial charge < -0.3 is 4.74 Å². The van der Waals surface area contributed by atoms with Gasteiger partial charge in [0.15, 0.2) is 0 Å². The zero-order chi connectivity index (χ0) is 17.8. The van der Waals surface area contributed by atoms with Gasteiger partial charge in [0.25, 0.3) is 5.69 Å². The Balaban J connectivity index is 1.73. The fourth-order valence-electron chi connectivity index (χ4n) is 3.02. The van der Waals surface area contributed by atoms with E-state index in [9.17, 15) is 14.5 Å². The van der Waals surface area contributed by atoms with Crippen LogP contribution in [-0.4, -0.2) is 29.5 Å². The first-order valence-corrected chi connectivity index (χ1v) is 8.36. The molecule has 0 heterocycles. The molecule has 0 radical (unpaired) electrons. The van der Waals surface area contributed by atoms with E-state index >= 15 is 0 Å². The van der Waals surface area contributed by atoms with Crippen LogP contribution in [0.5, 0.6) is 5.75 Å². The minimum Gasteiger partial charge on any atom is -0.496 e. The minimum atomic E-state index is -0.392. The molecule has 2 aromatic carbocycles. The van der Waals surface area contributed by atoms with Gasteiger partial charge in [-0.1, -0.05) is 12.1 Å². The van der Waals surface area contributed by atoms with Gasteiger partial charge in [-0.2, -0.15) is 0 Å². The van der Waals surface area contributed by atoms with Crippen LogP contribution in [0.15, 0.2) is 42.5 Å². The molecule has 0 aromatic heterocycles. The lowest BCUT2D eigenvalue weighted by molar-refractivity contribution is -0.385. The second-order valence-electron chi connectivity index (χ2n) is 6.33. The number of ether oxygens (including phenoxy) is 1. The molecule has 0 unspecified atom stereocenters. The molecular weight excluding hydrogens is 323 g/mol. The predicted octanol–water partition coefficient (Wildman–Crippen LogP) is 3.95. The average molecular weight is 344 g/mol. The Kier molecular flexibility index (Phi) is 5.28. The Bertz CT molecular complexity index is 762. The summed E-state index contributed by atoms with van der Waals surface area (Å²) in [4.78, 5) is 12.9. The lowest BCUT2D eigenvalue weighted by Crippen LogP contribution is -2.28. The van der Waals surface area contributed by atoms with E-state index in [1.807, 2.05) is 6.07 Å². The van der Waals surface area contributed by atoms with E-state index in [0.29, 0.717) is 18.3 Å². The third-order valence-electron chi connectivity index (χ3n) is 4.49. The Morgan fingerprint density at radius 1 is 1.28 bits per heavy atom. The quantitative estimate of drug-likeness (QED) is 0.537. The summed E-state index contributed by atoms with van der Waals surface area (Å²) in [6.07, 6.45) is 2.99. The summed E-state index contributed by atoms with van der Waals surface area (Å²) >= 11 is 0. The van der Waals surface area contributed by atoms with Gasteiger partial charge in [-0.15, -0.1) is 0 Å². The van der Waals surface area contributed by atoms with Gasteiger partial charge in [0.2, 0.25) is 0 Å². The van der Waals surface area contributed by atoms with Crippen LogP contribution in [0.4, 0.5) is 10.1 Å². The van der Waals surface area contributed by atoms with Gasteiger partial charge in [0.05, 0.1) is 12.0 Å². The van der Waals surface area contributed by atoms with Crippen LogP contribution in [-0.2, 0) is 13.0 Å². The summed E-state index contributed by atoms with van der Waals surface area (Å²) in [5, 5.41) is 11.0. The number of hydrogen-bond acceptors (Lipinski definition) is 4. The molecule has 6 heteroatoms. The van der Waals surface area contributed by atoms with Crippen LogP contribution in [0.1, 0.15) is 24.0 Å². The number of benzene rings is 2. The zero-order valence-electron chi connectivity index (χ0n) is 14.2. The van der Waals surface area contributed by atoms with Crippen molar-refractivity contribution in [2.75, 3.05) is 13.7 Å². The smallest absolute Gasteiger partial charge is 0.270 e. The number of rotatable bonds is 8. The van der Waals surface area contributed by atoms with Crippen LogP contribution in [0.3, 0.4) is 0 Å². The number of hydrogen-bond donors (Lipinski definition) is 0. The highest BCUT2D eigenvalue weighted by Crippen LogP contribution is 2.32. The standard InChI is InChI=1S/C19H21FN2O3/c1-25-19-8-7-18(22(23)24)12-15(19)13-21(17-5-6-17)10-9-14-3-2-4-16(20)11-14/h2-4,7-8,11-12,17H,5-6,9-10,13H2,1H3. The van der Waals surface area contributed by atoms with Crippen molar-refractivity contribution in [2.24, 2.45) is 0 Å². The van der Waals surface area contributed by atoms with E-state index in [2.05, 4.69) is 4.90 Å². The van der Waals surface area contributed by atoms with Gasteiger partial charge in [-0.05, 0) is 43.0 Å². The second kappa shape index (κ2) is 7.61. The number of nitrogens with zero attached hydrogens (tertiary/aromatic N) is 2. The van der Waals surface area contributed by atoms with Crippen molar-refractivity contribution in [3.8, 4) is 5.75 Å². The van der Waals surface area contributed by atoms with E-state index < -0.39 is 4.92 Å². The minimum absolute atomic E-state index is 0.0664. The molecule has 0 spiro atoms. The van der Waals surface area contributed by atoms with Crippen molar-refractivity contribution < 1.29 is 14.1 Å². The van der Waals surface area contributed by atoms with Crippen molar-refractivity contribution in [3.63, 3.8) is 0 Å². The summed E-state index contributed by atoms with van der Waals surface area (Å²) < 4.78 is 18.7. The summed E-state index contributed by atoms with van der Waals surface area (Å²) in [7, 11) is 1.57. The van der Waals surface area contributed by atoms with Gasteiger partial charge >= 0.3 is 0 Å². The summed E-state index contributed by atoms with van der Waals surface area (Å²) in [6, 6.07) is 11.8. The van der Waals surface area contributed by atoms with Crippen LogP contribution >= 0.6 is 0 Å². The molecule has 132 valence electrons. The molecule has 0 atom stereocenters. The van der Waals surface area contributed by atoms with Gasteiger partial charge in [0.1, 0.15) is 11.6 Å². The van der Waals surface area contributed by atoms with E-state index in [4.69, 9.17) is 4.74 Å². The Labute approximate surface area is 146 Å². The highest BCUT2D eigenvalue weighted by atomic mass is 19.1. The van der Waals surface area contributed by atoms with Crippen LogP contribution < -0.4 is 4.74 Å². The number of nitro benzene ring substituents is 1. The molecule has 0 saturated heterocycles. The number of methoxy groups -OCH3 is 1. The van der Waals surface area contributed by atoms with Gasteiger partial charge in [0, 0.05) is 36.8 Å². The number of nitro groups is 1. The van der Waals surface area contributed by atoms with E-state index in [-0.39, 0.29) is 11.5 Å². The van der Waals surface area contributed by atoms with Crippen molar-refractivity contribution in [1.29, 1.82) is 0 Å². The first kappa shape index (κ1) is 17.4. The highest BCUT2D eigenvalue weighted by molar-refractivity contribution is 5.43. The molecule has 0 amide bonds. The summed E-state index contributed by atoms with van der Waals surface area (Å²) in [5.41, 5.74) is 1.83. The third kappa shape index (κ3) is 4.54. The highest BCUT2D eigenvalue weighted by Gasteiger charge is 2.29. The summed E-state index contributed by atoms with van der Waals surface area (Å²) in [5.74, 6) is 0.429. The van der Waals surface area contributed by atoms with Crippen molar-refractivity contribution in [3.05, 3.63) is 69.5 Å². The fourth-order valence-corrected chi connectivity index (χ4v) is 3.02. The molecule has 1 saturated carbocycles. The van der Waals surface area contributed by atoms with Crippen molar-refractivity contribution in [2.45, 2.75) is 31.8 Å². The summed E-state index contributed by atoms with van der Waals surface area (Å²) in [6.45, 7) is 1.37. The molecule has 25 heavy (non-hydrogen) atoms. The molecule has 2 aromatic rings. The Morgan fingerprint density at radius 2 is 2.08 bits per heavy atom. The molecule has 0 N–H and O–H groups in total. The molecule has 1 aliphatic rings. The molecule has 0 aliphatic heterocycles. The van der Waals surface area contributed by atoms with E-state index in [1.165, 1.54) is 12.1 Å². The first-order chi connectivity index (χ1) is 12.1. The van der Waals surface area contributed by atoms with E-state index in [0.717, 1.165) is 36.9 Å². The molecule has 3 rings (SSSR count). The lowest BCUT2D eigenvalue weighted by Gasteiger charge is -2.23. The van der Waals surface area contributed by atoms with Crippen LogP contribution in [0.2, 0.25) is 0 Å². The largest absolute Gasteiger partial charge is 0.496 e. The fraction of sp³-hybridized carbons (Fsp3) is 0.368. The second-order valence-corrected chi connectivity index (χ2v) is 6.33. The third-order valence-corrected chi connectivity index (χ3v) is 4.49. The topological polar surface area (TPSA) is 55.6 Å². The normalized spacial score (nSPS) is 13.9. The molecule has 5 nitrogen and oxygen atoms in total. The lowest BCUT2D eigenvalue weighted by atomic mass is 10.1. The molecule has 1 aliphatic carbocycles. The molecular formula is C19H21FN2O3. The number of non-ortho nitro benzene ring substituents is 1. The monoisotopic (exact) mass is 344 g/mol. The number of halogens is 1. The van der Waals surface area contributed by atoms with E-state index in [1.54, 1.807) is 31.4 Å². The zero-order valence-corrected chi connectivity index (χ0v) is 14.2. The maximum atomic E-state index is 13.3. The molecule has 0 bridgehead atoms. The molecule has 1 fully saturated rings. The van der Waals surface area contributed by atoms with Gasteiger partial charge in [-0.25, -0.2) is 4.39 Å². The van der Waals surface area contributed by atoms with Crippen LogP contribution in [0.25, 0.3) is 0 Å².